The summed E-state index contributed by atoms with van der Waals surface area (Å²) in [5.41, 5.74) is -0.528. The van der Waals surface area contributed by atoms with E-state index >= 15 is 0 Å². The standard InChI is InChI=1S/C10H16N6S/c1-3-12-10(2,6-11)7-17-9-13-14-15-16(9)8-4-5-8/h8,12H,3-5,7H2,1-2H3. The maximum absolute atomic E-state index is 9.15. The predicted molar refractivity (Wildman–Crippen MR) is 64.5 cm³/mol. The predicted octanol–water partition coefficient (Wildman–Crippen LogP) is 0.992. The fourth-order valence-corrected chi connectivity index (χ4v) is 2.55. The summed E-state index contributed by atoms with van der Waals surface area (Å²) in [6, 6.07) is 2.77. The zero-order valence-corrected chi connectivity index (χ0v) is 10.9. The van der Waals surface area contributed by atoms with E-state index < -0.39 is 5.54 Å². The Kier molecular flexibility index (Phi) is 3.64. The van der Waals surface area contributed by atoms with Crippen LogP contribution in [0, 0.1) is 11.3 Å². The van der Waals surface area contributed by atoms with Crippen molar-refractivity contribution >= 4 is 11.8 Å². The minimum absolute atomic E-state index is 0.472. The van der Waals surface area contributed by atoms with E-state index in [-0.39, 0.29) is 0 Å². The Morgan fingerprint density at radius 3 is 3.00 bits per heavy atom. The van der Waals surface area contributed by atoms with Crippen LogP contribution in [0.5, 0.6) is 0 Å². The lowest BCUT2D eigenvalue weighted by molar-refractivity contribution is 0.509. The molecule has 1 saturated carbocycles. The molecule has 1 aromatic rings. The average Bonchev–Trinajstić information content (AvgIpc) is 3.06. The summed E-state index contributed by atoms with van der Waals surface area (Å²) in [6.07, 6.45) is 2.31. The summed E-state index contributed by atoms with van der Waals surface area (Å²) in [6.45, 7) is 4.67. The van der Waals surface area contributed by atoms with E-state index in [0.29, 0.717) is 11.8 Å². The number of hydrogen-bond acceptors (Lipinski definition) is 6. The van der Waals surface area contributed by atoms with Gasteiger partial charge in [-0.3, -0.25) is 5.32 Å². The molecule has 1 fully saturated rings. The van der Waals surface area contributed by atoms with Crippen LogP contribution in [-0.2, 0) is 0 Å². The quantitative estimate of drug-likeness (QED) is 0.761. The first-order valence-corrected chi connectivity index (χ1v) is 6.74. The van der Waals surface area contributed by atoms with Gasteiger partial charge in [-0.15, -0.1) is 5.10 Å². The molecule has 0 spiro atoms. The highest BCUT2D eigenvalue weighted by atomic mass is 32.2. The van der Waals surface area contributed by atoms with Crippen molar-refractivity contribution in [2.75, 3.05) is 12.3 Å². The van der Waals surface area contributed by atoms with Crippen molar-refractivity contribution in [2.24, 2.45) is 0 Å². The van der Waals surface area contributed by atoms with Crippen molar-refractivity contribution in [1.29, 1.82) is 5.26 Å². The van der Waals surface area contributed by atoms with Crippen molar-refractivity contribution in [3.63, 3.8) is 0 Å². The maximum Gasteiger partial charge on any atom is 0.209 e. The van der Waals surface area contributed by atoms with Gasteiger partial charge < -0.3 is 0 Å². The minimum atomic E-state index is -0.528. The summed E-state index contributed by atoms with van der Waals surface area (Å²) in [7, 11) is 0. The van der Waals surface area contributed by atoms with Crippen molar-refractivity contribution in [3.05, 3.63) is 0 Å². The fourth-order valence-electron chi connectivity index (χ4n) is 1.55. The summed E-state index contributed by atoms with van der Waals surface area (Å²) >= 11 is 1.54. The SMILES string of the molecule is CCNC(C)(C#N)CSc1nnnn1C1CC1. The van der Waals surface area contributed by atoms with Gasteiger partial charge in [0.1, 0.15) is 5.54 Å². The number of rotatable bonds is 6. The van der Waals surface area contributed by atoms with Crippen LogP contribution in [0.3, 0.4) is 0 Å². The van der Waals surface area contributed by atoms with Crippen molar-refractivity contribution in [1.82, 2.24) is 25.5 Å². The molecule has 0 amide bonds. The summed E-state index contributed by atoms with van der Waals surface area (Å²) < 4.78 is 1.87. The number of nitriles is 1. The fraction of sp³-hybridized carbons (Fsp3) is 0.800. The Morgan fingerprint density at radius 1 is 1.65 bits per heavy atom. The van der Waals surface area contributed by atoms with E-state index in [2.05, 4.69) is 26.9 Å². The first-order chi connectivity index (χ1) is 8.18. The highest BCUT2D eigenvalue weighted by molar-refractivity contribution is 7.99. The zero-order chi connectivity index (χ0) is 12.3. The van der Waals surface area contributed by atoms with Crippen molar-refractivity contribution in [3.8, 4) is 6.07 Å². The van der Waals surface area contributed by atoms with Crippen molar-refractivity contribution < 1.29 is 0 Å². The molecule has 7 heteroatoms. The summed E-state index contributed by atoms with van der Waals surface area (Å²) in [5, 5.41) is 24.8. The number of thioether (sulfide) groups is 1. The molecule has 0 radical (unpaired) electrons. The number of tetrazole rings is 1. The Morgan fingerprint density at radius 2 is 2.41 bits per heavy atom. The van der Waals surface area contributed by atoms with Gasteiger partial charge in [0.05, 0.1) is 12.1 Å². The van der Waals surface area contributed by atoms with Crippen LogP contribution in [0.4, 0.5) is 0 Å². The Labute approximate surface area is 105 Å². The molecule has 1 atom stereocenters. The molecule has 1 N–H and O–H groups in total. The van der Waals surface area contributed by atoms with E-state index in [1.54, 1.807) is 0 Å². The van der Waals surface area contributed by atoms with Gasteiger partial charge in [0.2, 0.25) is 5.16 Å². The Balaban J connectivity index is 1.96. The second-order valence-electron chi connectivity index (χ2n) is 4.40. The van der Waals surface area contributed by atoms with Gasteiger partial charge >= 0.3 is 0 Å². The van der Waals surface area contributed by atoms with E-state index in [4.69, 9.17) is 5.26 Å². The van der Waals surface area contributed by atoms with Gasteiger partial charge in [-0.1, -0.05) is 18.7 Å². The second-order valence-corrected chi connectivity index (χ2v) is 5.34. The normalized spacial score (nSPS) is 18.6. The first-order valence-electron chi connectivity index (χ1n) is 5.75. The zero-order valence-electron chi connectivity index (χ0n) is 10.1. The molecule has 2 rings (SSSR count). The van der Waals surface area contributed by atoms with Gasteiger partial charge in [0.25, 0.3) is 0 Å². The molecule has 1 unspecified atom stereocenters. The van der Waals surface area contributed by atoms with Crippen LogP contribution in [0.2, 0.25) is 0 Å². The molecular weight excluding hydrogens is 236 g/mol. The molecule has 17 heavy (non-hydrogen) atoms. The van der Waals surface area contributed by atoms with E-state index in [0.717, 1.165) is 24.5 Å². The van der Waals surface area contributed by atoms with Gasteiger partial charge in [-0.05, 0) is 36.7 Å². The number of nitrogens with zero attached hydrogens (tertiary/aromatic N) is 5. The smallest absolute Gasteiger partial charge is 0.209 e. The summed E-state index contributed by atoms with van der Waals surface area (Å²) in [5.74, 6) is 0.643. The molecule has 1 aliphatic rings. The molecule has 92 valence electrons. The van der Waals surface area contributed by atoms with Crippen LogP contribution in [0.15, 0.2) is 5.16 Å². The van der Waals surface area contributed by atoms with E-state index in [9.17, 15) is 0 Å². The molecule has 0 bridgehead atoms. The summed E-state index contributed by atoms with van der Waals surface area (Å²) in [4.78, 5) is 0. The minimum Gasteiger partial charge on any atom is -0.299 e. The lowest BCUT2D eigenvalue weighted by atomic mass is 10.1. The molecule has 1 aromatic heterocycles. The molecular formula is C10H16N6S. The largest absolute Gasteiger partial charge is 0.299 e. The highest BCUT2D eigenvalue weighted by Gasteiger charge is 2.29. The molecule has 0 aliphatic heterocycles. The van der Waals surface area contributed by atoms with Crippen LogP contribution >= 0.6 is 11.8 Å². The van der Waals surface area contributed by atoms with Crippen molar-refractivity contribution in [2.45, 2.75) is 43.4 Å². The van der Waals surface area contributed by atoms with Crippen LogP contribution in [0.25, 0.3) is 0 Å². The second kappa shape index (κ2) is 5.02. The van der Waals surface area contributed by atoms with Gasteiger partial charge in [0, 0.05) is 5.75 Å². The molecule has 6 nitrogen and oxygen atoms in total. The lowest BCUT2D eigenvalue weighted by Crippen LogP contribution is -2.43. The van der Waals surface area contributed by atoms with E-state index in [1.807, 2.05) is 18.5 Å². The monoisotopic (exact) mass is 252 g/mol. The third-order valence-electron chi connectivity index (χ3n) is 2.66. The first kappa shape index (κ1) is 12.3. The topological polar surface area (TPSA) is 79.4 Å². The lowest BCUT2D eigenvalue weighted by Gasteiger charge is -2.21. The number of hydrogen-bond donors (Lipinski definition) is 1. The molecule has 0 aromatic carbocycles. The van der Waals surface area contributed by atoms with Gasteiger partial charge in [0.15, 0.2) is 0 Å². The van der Waals surface area contributed by atoms with Crippen LogP contribution < -0.4 is 5.32 Å². The van der Waals surface area contributed by atoms with Gasteiger partial charge in [-0.2, -0.15) is 5.26 Å². The average molecular weight is 252 g/mol. The Hall–Kier alpha value is -1.13. The molecule has 0 saturated heterocycles. The maximum atomic E-state index is 9.15. The van der Waals surface area contributed by atoms with Crippen LogP contribution in [0.1, 0.15) is 32.7 Å². The molecule has 1 aliphatic carbocycles. The number of aromatic nitrogens is 4. The third-order valence-corrected chi connectivity index (χ3v) is 3.91. The van der Waals surface area contributed by atoms with E-state index in [1.165, 1.54) is 11.8 Å². The Bertz CT molecular complexity index is 421. The highest BCUT2D eigenvalue weighted by Crippen LogP contribution is 2.36. The molecule has 1 heterocycles. The van der Waals surface area contributed by atoms with Gasteiger partial charge in [-0.25, -0.2) is 4.68 Å². The number of nitrogens with one attached hydrogen (secondary N) is 1. The third kappa shape index (κ3) is 2.96. The van der Waals surface area contributed by atoms with Crippen LogP contribution in [-0.4, -0.2) is 38.0 Å².